The molecule has 0 aliphatic carbocycles. The van der Waals surface area contributed by atoms with Crippen molar-refractivity contribution >= 4 is 33.2 Å². The largest absolute Gasteiger partial charge is 0.493 e. The van der Waals surface area contributed by atoms with Crippen LogP contribution in [0.5, 0.6) is 11.5 Å². The van der Waals surface area contributed by atoms with E-state index in [4.69, 9.17) is 25.8 Å². The van der Waals surface area contributed by atoms with Crippen LogP contribution in [0.2, 0.25) is 5.02 Å². The summed E-state index contributed by atoms with van der Waals surface area (Å²) >= 11 is 6.07. The lowest BCUT2D eigenvalue weighted by Crippen LogP contribution is -2.17. The standard InChI is InChI=1S/C21H25ClN2O5S/c1-12(2)17-11-29-21(23-17)16-6-7-18(27-4)20(28-5)19(16)24-30(25,26)15-9-13(3)8-14(22)10-15/h6-10,12,17,24H,11H2,1-5H3/t17-/m1/s1. The maximum Gasteiger partial charge on any atom is 0.262 e. The van der Waals surface area contributed by atoms with Crippen LogP contribution in [0, 0.1) is 12.8 Å². The van der Waals surface area contributed by atoms with Crippen molar-refractivity contribution in [2.75, 3.05) is 25.5 Å². The average molecular weight is 453 g/mol. The molecule has 0 saturated carbocycles. The number of benzene rings is 2. The van der Waals surface area contributed by atoms with Crippen LogP contribution in [-0.2, 0) is 14.8 Å². The lowest BCUT2D eigenvalue weighted by Gasteiger charge is -2.18. The molecule has 3 rings (SSSR count). The van der Waals surface area contributed by atoms with E-state index in [1.54, 1.807) is 31.2 Å². The molecule has 162 valence electrons. The zero-order valence-electron chi connectivity index (χ0n) is 17.5. The second kappa shape index (κ2) is 8.73. The molecule has 1 atom stereocenters. The van der Waals surface area contributed by atoms with Crippen molar-refractivity contribution in [2.45, 2.75) is 31.7 Å². The molecule has 0 spiro atoms. The molecule has 9 heteroatoms. The zero-order valence-corrected chi connectivity index (χ0v) is 19.1. The molecule has 0 aromatic heterocycles. The molecular formula is C21H25ClN2O5S. The van der Waals surface area contributed by atoms with E-state index < -0.39 is 10.0 Å². The third-order valence-corrected chi connectivity index (χ3v) is 6.33. The summed E-state index contributed by atoms with van der Waals surface area (Å²) in [5.41, 5.74) is 1.39. The lowest BCUT2D eigenvalue weighted by atomic mass is 10.1. The number of hydrogen-bond acceptors (Lipinski definition) is 6. The summed E-state index contributed by atoms with van der Waals surface area (Å²) in [6.07, 6.45) is 0. The van der Waals surface area contributed by atoms with E-state index in [9.17, 15) is 8.42 Å². The topological polar surface area (TPSA) is 86.2 Å². The predicted octanol–water partition coefficient (Wildman–Crippen LogP) is 4.27. The van der Waals surface area contributed by atoms with E-state index in [0.29, 0.717) is 28.8 Å². The number of aliphatic imine (C=N–C) groups is 1. The van der Waals surface area contributed by atoms with Crippen molar-refractivity contribution in [3.63, 3.8) is 0 Å². The van der Waals surface area contributed by atoms with Gasteiger partial charge < -0.3 is 14.2 Å². The molecule has 1 aliphatic heterocycles. The van der Waals surface area contributed by atoms with Crippen molar-refractivity contribution in [3.05, 3.63) is 46.5 Å². The fraction of sp³-hybridized carbons (Fsp3) is 0.381. The number of nitrogens with zero attached hydrogens (tertiary/aromatic N) is 1. The number of ether oxygens (including phenoxy) is 3. The Kier molecular flexibility index (Phi) is 6.47. The molecule has 7 nitrogen and oxygen atoms in total. The number of methoxy groups -OCH3 is 2. The fourth-order valence-corrected chi connectivity index (χ4v) is 4.70. The summed E-state index contributed by atoms with van der Waals surface area (Å²) in [5.74, 6) is 1.25. The number of aryl methyl sites for hydroxylation is 1. The Labute approximate surface area is 182 Å². The van der Waals surface area contributed by atoms with Crippen molar-refractivity contribution in [1.82, 2.24) is 0 Å². The van der Waals surface area contributed by atoms with Crippen molar-refractivity contribution < 1.29 is 22.6 Å². The summed E-state index contributed by atoms with van der Waals surface area (Å²) in [4.78, 5) is 4.66. The van der Waals surface area contributed by atoms with Crippen LogP contribution in [0.1, 0.15) is 25.0 Å². The van der Waals surface area contributed by atoms with E-state index in [1.807, 2.05) is 0 Å². The molecule has 0 fully saturated rings. The van der Waals surface area contributed by atoms with Crippen LogP contribution in [0.3, 0.4) is 0 Å². The molecule has 1 N–H and O–H groups in total. The van der Waals surface area contributed by atoms with Crippen molar-refractivity contribution in [1.29, 1.82) is 0 Å². The van der Waals surface area contributed by atoms with Crippen LogP contribution >= 0.6 is 11.6 Å². The number of halogens is 1. The van der Waals surface area contributed by atoms with Crippen LogP contribution in [0.25, 0.3) is 0 Å². The maximum atomic E-state index is 13.2. The average Bonchev–Trinajstić information content (AvgIpc) is 3.16. The van der Waals surface area contributed by atoms with Gasteiger partial charge in [-0.3, -0.25) is 4.72 Å². The van der Waals surface area contributed by atoms with Gasteiger partial charge in [0.05, 0.1) is 30.7 Å². The van der Waals surface area contributed by atoms with Gasteiger partial charge >= 0.3 is 0 Å². The Hall–Kier alpha value is -2.45. The number of anilines is 1. The quantitative estimate of drug-likeness (QED) is 0.678. The van der Waals surface area contributed by atoms with Gasteiger partial charge in [-0.25, -0.2) is 13.4 Å². The van der Waals surface area contributed by atoms with Gasteiger partial charge in [-0.2, -0.15) is 0 Å². The highest BCUT2D eigenvalue weighted by molar-refractivity contribution is 7.92. The molecule has 30 heavy (non-hydrogen) atoms. The highest BCUT2D eigenvalue weighted by Crippen LogP contribution is 2.40. The van der Waals surface area contributed by atoms with E-state index in [-0.39, 0.29) is 28.3 Å². The Morgan fingerprint density at radius 3 is 2.50 bits per heavy atom. The summed E-state index contributed by atoms with van der Waals surface area (Å²) in [6, 6.07) is 7.99. The Bertz CT molecular complexity index is 1060. The van der Waals surface area contributed by atoms with Crippen molar-refractivity contribution in [2.24, 2.45) is 10.9 Å². The van der Waals surface area contributed by atoms with Gasteiger partial charge in [-0.1, -0.05) is 25.4 Å². The van der Waals surface area contributed by atoms with Crippen LogP contribution in [0.15, 0.2) is 40.2 Å². The van der Waals surface area contributed by atoms with Gasteiger partial charge in [-0.15, -0.1) is 0 Å². The lowest BCUT2D eigenvalue weighted by molar-refractivity contribution is 0.291. The summed E-state index contributed by atoms with van der Waals surface area (Å²) in [6.45, 7) is 6.32. The number of hydrogen-bond donors (Lipinski definition) is 1. The molecule has 0 bridgehead atoms. The highest BCUT2D eigenvalue weighted by atomic mass is 35.5. The van der Waals surface area contributed by atoms with Gasteiger partial charge in [0.1, 0.15) is 12.3 Å². The number of rotatable bonds is 7. The summed E-state index contributed by atoms with van der Waals surface area (Å²) in [7, 11) is -1.06. The molecule has 2 aromatic carbocycles. The molecule has 1 aliphatic rings. The number of nitrogens with one attached hydrogen (secondary N) is 1. The van der Waals surface area contributed by atoms with Crippen LogP contribution in [0.4, 0.5) is 5.69 Å². The summed E-state index contributed by atoms with van der Waals surface area (Å²) < 4.78 is 45.6. The molecule has 2 aromatic rings. The van der Waals surface area contributed by atoms with Crippen LogP contribution < -0.4 is 14.2 Å². The maximum absolute atomic E-state index is 13.2. The minimum absolute atomic E-state index is 0.00636. The summed E-state index contributed by atoms with van der Waals surface area (Å²) in [5, 5.41) is 0.330. The normalized spacial score (nSPS) is 16.2. The van der Waals surface area contributed by atoms with E-state index in [0.717, 1.165) is 5.56 Å². The predicted molar refractivity (Wildman–Crippen MR) is 118 cm³/mol. The van der Waals surface area contributed by atoms with Gasteiger partial charge in [0.25, 0.3) is 10.0 Å². The molecule has 0 amide bonds. The van der Waals surface area contributed by atoms with E-state index >= 15 is 0 Å². The fourth-order valence-electron chi connectivity index (χ4n) is 3.14. The van der Waals surface area contributed by atoms with Gasteiger partial charge in [0, 0.05) is 5.02 Å². The Balaban J connectivity index is 2.13. The molecule has 0 saturated heterocycles. The first-order valence-electron chi connectivity index (χ1n) is 9.42. The first-order chi connectivity index (χ1) is 14.2. The first kappa shape index (κ1) is 22.2. The van der Waals surface area contributed by atoms with Crippen molar-refractivity contribution in [3.8, 4) is 11.5 Å². The third kappa shape index (κ3) is 4.49. The Morgan fingerprint density at radius 1 is 1.20 bits per heavy atom. The minimum atomic E-state index is -3.98. The molecular weight excluding hydrogens is 428 g/mol. The second-order valence-corrected chi connectivity index (χ2v) is 9.47. The molecule has 0 radical (unpaired) electrons. The zero-order chi connectivity index (χ0) is 22.1. The first-order valence-corrected chi connectivity index (χ1v) is 11.3. The second-order valence-electron chi connectivity index (χ2n) is 7.35. The molecule has 1 heterocycles. The smallest absolute Gasteiger partial charge is 0.262 e. The van der Waals surface area contributed by atoms with E-state index in [2.05, 4.69) is 23.6 Å². The minimum Gasteiger partial charge on any atom is -0.493 e. The monoisotopic (exact) mass is 452 g/mol. The molecule has 0 unspecified atom stereocenters. The third-order valence-electron chi connectivity index (χ3n) is 4.78. The SMILES string of the molecule is COc1ccc(C2=N[C@@H](C(C)C)CO2)c(NS(=O)(=O)c2cc(C)cc(Cl)c2)c1OC. The van der Waals surface area contributed by atoms with E-state index in [1.165, 1.54) is 20.3 Å². The van der Waals surface area contributed by atoms with Crippen LogP contribution in [-0.4, -0.2) is 41.2 Å². The van der Waals surface area contributed by atoms with Gasteiger partial charge in [-0.05, 0) is 48.7 Å². The van der Waals surface area contributed by atoms with Gasteiger partial charge in [0.15, 0.2) is 11.5 Å². The highest BCUT2D eigenvalue weighted by Gasteiger charge is 2.29. The number of sulfonamides is 1. The van der Waals surface area contributed by atoms with Gasteiger partial charge in [0.2, 0.25) is 5.90 Å². The Morgan fingerprint density at radius 2 is 1.93 bits per heavy atom.